The third-order valence-electron chi connectivity index (χ3n) is 4.13. The van der Waals surface area contributed by atoms with Crippen molar-refractivity contribution in [2.45, 2.75) is 12.6 Å². The van der Waals surface area contributed by atoms with E-state index in [-0.39, 0.29) is 0 Å². The lowest BCUT2D eigenvalue weighted by Crippen LogP contribution is -2.21. The molecule has 1 atom stereocenters. The van der Waals surface area contributed by atoms with Crippen molar-refractivity contribution in [2.24, 2.45) is 4.99 Å². The van der Waals surface area contributed by atoms with Crippen molar-refractivity contribution >= 4 is 22.6 Å². The average Bonchev–Trinajstić information content (AvgIpc) is 3.16. The molecule has 0 saturated carbocycles. The van der Waals surface area contributed by atoms with Crippen molar-refractivity contribution in [3.63, 3.8) is 0 Å². The van der Waals surface area contributed by atoms with Crippen LogP contribution in [0.3, 0.4) is 0 Å². The molecule has 2 aromatic carbocycles. The number of aliphatic imine (C=N–C) groups is 1. The molecule has 0 amide bonds. The van der Waals surface area contributed by atoms with Crippen LogP contribution in [0.4, 0.5) is 5.69 Å². The maximum Gasteiger partial charge on any atom is 0.160 e. The summed E-state index contributed by atoms with van der Waals surface area (Å²) in [5.41, 5.74) is 3.77. The number of thioether (sulfide) groups is 1. The second-order valence-corrected chi connectivity index (χ2v) is 6.75. The quantitative estimate of drug-likeness (QED) is 0.932. The topological polar surface area (TPSA) is 27.6 Å². The average molecular weight is 309 g/mol. The first-order valence-corrected chi connectivity index (χ1v) is 8.70. The minimum Gasteiger partial charge on any atom is -0.381 e. The lowest BCUT2D eigenvalue weighted by atomic mass is 10.1. The molecule has 0 aliphatic carbocycles. The van der Waals surface area contributed by atoms with Crippen LogP contribution >= 0.6 is 11.8 Å². The predicted octanol–water partition coefficient (Wildman–Crippen LogP) is 3.76. The van der Waals surface area contributed by atoms with Gasteiger partial charge in [-0.05, 0) is 23.3 Å². The number of nitrogens with zero attached hydrogens (tertiary/aromatic N) is 2. The molecular weight excluding hydrogens is 290 g/mol. The number of hydrogen-bond donors (Lipinski definition) is 1. The van der Waals surface area contributed by atoms with Gasteiger partial charge < -0.3 is 10.2 Å². The van der Waals surface area contributed by atoms with Crippen LogP contribution in [0.15, 0.2) is 59.6 Å². The van der Waals surface area contributed by atoms with Gasteiger partial charge >= 0.3 is 0 Å². The second kappa shape index (κ2) is 6.05. The highest BCUT2D eigenvalue weighted by Crippen LogP contribution is 2.33. The maximum absolute atomic E-state index is 4.86. The van der Waals surface area contributed by atoms with E-state index < -0.39 is 0 Å². The first-order chi connectivity index (χ1) is 10.9. The first-order valence-electron chi connectivity index (χ1n) is 7.72. The SMILES string of the molecule is c1ccc(CNc2cccc(C3CN4CCSC4=N3)c2)cc1. The molecule has 2 aliphatic rings. The summed E-state index contributed by atoms with van der Waals surface area (Å²) in [5, 5.41) is 4.74. The number of anilines is 1. The summed E-state index contributed by atoms with van der Waals surface area (Å²) in [4.78, 5) is 7.26. The zero-order valence-corrected chi connectivity index (χ0v) is 13.2. The van der Waals surface area contributed by atoms with Crippen LogP contribution in [-0.4, -0.2) is 28.9 Å². The Kier molecular flexibility index (Phi) is 3.77. The highest BCUT2D eigenvalue weighted by Gasteiger charge is 2.30. The van der Waals surface area contributed by atoms with E-state index in [1.54, 1.807) is 0 Å². The van der Waals surface area contributed by atoms with E-state index in [9.17, 15) is 0 Å². The third kappa shape index (κ3) is 2.83. The molecule has 112 valence electrons. The van der Waals surface area contributed by atoms with Gasteiger partial charge in [0.25, 0.3) is 0 Å². The highest BCUT2D eigenvalue weighted by molar-refractivity contribution is 8.14. The third-order valence-corrected chi connectivity index (χ3v) is 5.14. The number of hydrogen-bond acceptors (Lipinski definition) is 4. The Bertz CT molecular complexity index is 684. The summed E-state index contributed by atoms with van der Waals surface area (Å²) in [6.45, 7) is 3.03. The van der Waals surface area contributed by atoms with Gasteiger partial charge in [0.2, 0.25) is 0 Å². The predicted molar refractivity (Wildman–Crippen MR) is 94.4 cm³/mol. The molecule has 4 heteroatoms. The number of rotatable bonds is 4. The number of benzene rings is 2. The second-order valence-electron chi connectivity index (χ2n) is 5.69. The number of fused-ring (bicyclic) bond motifs is 1. The number of amidine groups is 1. The molecule has 0 bridgehead atoms. The van der Waals surface area contributed by atoms with Crippen molar-refractivity contribution in [1.29, 1.82) is 0 Å². The summed E-state index contributed by atoms with van der Waals surface area (Å²) in [7, 11) is 0. The molecule has 1 unspecified atom stereocenters. The molecule has 1 saturated heterocycles. The summed E-state index contributed by atoms with van der Waals surface area (Å²) in [5.74, 6) is 1.18. The molecule has 4 rings (SSSR count). The standard InChI is InChI=1S/C18H19N3S/c1-2-5-14(6-3-1)12-19-16-8-4-7-15(11-16)17-13-21-9-10-22-18(21)20-17/h1-8,11,17,19H,9-10,12-13H2. The smallest absolute Gasteiger partial charge is 0.160 e. The van der Waals surface area contributed by atoms with Crippen LogP contribution in [0.1, 0.15) is 17.2 Å². The van der Waals surface area contributed by atoms with E-state index in [1.165, 1.54) is 27.7 Å². The fraction of sp³-hybridized carbons (Fsp3) is 0.278. The molecule has 0 spiro atoms. The van der Waals surface area contributed by atoms with Crippen molar-refractivity contribution in [3.05, 3.63) is 65.7 Å². The summed E-state index contributed by atoms with van der Waals surface area (Å²) < 4.78 is 0. The number of nitrogens with one attached hydrogen (secondary N) is 1. The van der Waals surface area contributed by atoms with Gasteiger partial charge in [0.1, 0.15) is 0 Å². The fourth-order valence-electron chi connectivity index (χ4n) is 2.94. The van der Waals surface area contributed by atoms with Gasteiger partial charge in [0.05, 0.1) is 6.04 Å². The normalized spacial score (nSPS) is 19.9. The zero-order valence-electron chi connectivity index (χ0n) is 12.4. The first kappa shape index (κ1) is 13.7. The van der Waals surface area contributed by atoms with Crippen molar-refractivity contribution in [2.75, 3.05) is 24.2 Å². The molecule has 0 radical (unpaired) electrons. The molecular formula is C18H19N3S. The van der Waals surface area contributed by atoms with Gasteiger partial charge in [-0.2, -0.15) is 0 Å². The van der Waals surface area contributed by atoms with E-state index in [4.69, 9.17) is 4.99 Å². The van der Waals surface area contributed by atoms with Gasteiger partial charge in [-0.1, -0.05) is 54.2 Å². The van der Waals surface area contributed by atoms with Crippen LogP contribution in [0.5, 0.6) is 0 Å². The van der Waals surface area contributed by atoms with Crippen LogP contribution < -0.4 is 5.32 Å². The van der Waals surface area contributed by atoms with E-state index in [1.807, 2.05) is 17.8 Å². The Hall–Kier alpha value is -1.94. The Morgan fingerprint density at radius 1 is 1.14 bits per heavy atom. The molecule has 3 nitrogen and oxygen atoms in total. The van der Waals surface area contributed by atoms with Crippen LogP contribution in [0.2, 0.25) is 0 Å². The van der Waals surface area contributed by atoms with E-state index in [2.05, 4.69) is 58.7 Å². The summed E-state index contributed by atoms with van der Waals surface area (Å²) >= 11 is 1.88. The molecule has 1 N–H and O–H groups in total. The molecule has 2 aromatic rings. The van der Waals surface area contributed by atoms with Gasteiger partial charge in [0, 0.05) is 31.1 Å². The van der Waals surface area contributed by atoms with Crippen LogP contribution in [-0.2, 0) is 6.54 Å². The molecule has 22 heavy (non-hydrogen) atoms. The molecule has 0 aromatic heterocycles. The van der Waals surface area contributed by atoms with Crippen LogP contribution in [0.25, 0.3) is 0 Å². The fourth-order valence-corrected chi connectivity index (χ4v) is 3.99. The van der Waals surface area contributed by atoms with Gasteiger partial charge in [-0.15, -0.1) is 0 Å². The van der Waals surface area contributed by atoms with E-state index in [0.717, 1.165) is 19.6 Å². The Labute approximate surface area is 135 Å². The van der Waals surface area contributed by atoms with Crippen molar-refractivity contribution in [3.8, 4) is 0 Å². The lowest BCUT2D eigenvalue weighted by molar-refractivity contribution is 0.464. The summed E-state index contributed by atoms with van der Waals surface area (Å²) in [6.07, 6.45) is 0. The minimum absolute atomic E-state index is 0.293. The largest absolute Gasteiger partial charge is 0.381 e. The Morgan fingerprint density at radius 2 is 2.05 bits per heavy atom. The highest BCUT2D eigenvalue weighted by atomic mass is 32.2. The lowest BCUT2D eigenvalue weighted by Gasteiger charge is -2.14. The van der Waals surface area contributed by atoms with Crippen LogP contribution in [0, 0.1) is 0 Å². The maximum atomic E-state index is 4.86. The Balaban J connectivity index is 1.46. The van der Waals surface area contributed by atoms with Gasteiger partial charge in [-0.3, -0.25) is 4.99 Å². The van der Waals surface area contributed by atoms with Crippen molar-refractivity contribution in [1.82, 2.24) is 4.90 Å². The minimum atomic E-state index is 0.293. The molecule has 1 fully saturated rings. The van der Waals surface area contributed by atoms with E-state index in [0.29, 0.717) is 6.04 Å². The zero-order chi connectivity index (χ0) is 14.8. The van der Waals surface area contributed by atoms with Gasteiger partial charge in [-0.25, -0.2) is 0 Å². The van der Waals surface area contributed by atoms with E-state index >= 15 is 0 Å². The van der Waals surface area contributed by atoms with Gasteiger partial charge in [0.15, 0.2) is 5.17 Å². The van der Waals surface area contributed by atoms with Crippen molar-refractivity contribution < 1.29 is 0 Å². The molecule has 2 aliphatic heterocycles. The molecule has 2 heterocycles. The monoisotopic (exact) mass is 309 g/mol. The Morgan fingerprint density at radius 3 is 2.91 bits per heavy atom. The summed E-state index contributed by atoms with van der Waals surface area (Å²) in [6, 6.07) is 19.5.